The molecule has 0 aromatic heterocycles. The minimum absolute atomic E-state index is 0.135. The van der Waals surface area contributed by atoms with Crippen molar-refractivity contribution in [3.05, 3.63) is 131 Å². The van der Waals surface area contributed by atoms with Gasteiger partial charge in [-0.15, -0.1) is 6.58 Å². The first-order valence-electron chi connectivity index (χ1n) is 12.8. The van der Waals surface area contributed by atoms with Crippen molar-refractivity contribution in [1.29, 1.82) is 0 Å². The number of urea groups is 1. The number of benzene rings is 3. The maximum absolute atomic E-state index is 14.1. The third kappa shape index (κ3) is 5.59. The largest absolute Gasteiger partial charge is 0.350 e. The van der Waals surface area contributed by atoms with Gasteiger partial charge >= 0.3 is 6.03 Å². The quantitative estimate of drug-likeness (QED) is 0.389. The fraction of sp³-hybridized carbons (Fsp3) is 0.194. The van der Waals surface area contributed by atoms with Gasteiger partial charge in [0.2, 0.25) is 5.91 Å². The van der Waals surface area contributed by atoms with Crippen LogP contribution in [0.25, 0.3) is 0 Å². The lowest BCUT2D eigenvalue weighted by Crippen LogP contribution is -2.49. The number of rotatable bonds is 9. The van der Waals surface area contributed by atoms with Crippen molar-refractivity contribution in [3.8, 4) is 0 Å². The van der Waals surface area contributed by atoms with Crippen LogP contribution in [0, 0.1) is 0 Å². The van der Waals surface area contributed by atoms with Crippen molar-refractivity contribution < 1.29 is 14.4 Å². The van der Waals surface area contributed by atoms with Crippen molar-refractivity contribution in [2.45, 2.75) is 25.0 Å². The second-order valence-corrected chi connectivity index (χ2v) is 9.97. The van der Waals surface area contributed by atoms with Gasteiger partial charge in [0.25, 0.3) is 5.91 Å². The van der Waals surface area contributed by atoms with Crippen LogP contribution in [0.3, 0.4) is 0 Å². The van der Waals surface area contributed by atoms with Gasteiger partial charge in [-0.1, -0.05) is 90.5 Å². The Labute approximate surface area is 232 Å². The molecule has 198 valence electrons. The molecule has 0 saturated carbocycles. The molecule has 8 heteroatoms. The van der Waals surface area contributed by atoms with Gasteiger partial charge in [-0.25, -0.2) is 4.79 Å². The van der Waals surface area contributed by atoms with Crippen LogP contribution >= 0.6 is 11.6 Å². The lowest BCUT2D eigenvalue weighted by molar-refractivity contribution is -0.136. The highest BCUT2D eigenvalue weighted by Crippen LogP contribution is 2.37. The first-order chi connectivity index (χ1) is 19.0. The smallest absolute Gasteiger partial charge is 0.322 e. The van der Waals surface area contributed by atoms with E-state index in [4.69, 9.17) is 11.6 Å². The Morgan fingerprint density at radius 2 is 1.64 bits per heavy atom. The Hall–Kier alpha value is -4.36. The maximum Gasteiger partial charge on any atom is 0.322 e. The molecule has 0 fully saturated rings. The molecule has 3 aromatic rings. The predicted molar refractivity (Wildman–Crippen MR) is 151 cm³/mol. The lowest BCUT2D eigenvalue weighted by Gasteiger charge is -2.33. The summed E-state index contributed by atoms with van der Waals surface area (Å²) in [6.45, 7) is 4.50. The SMILES string of the molecule is C=CCN1C(=O)N[C@H](c2ccc(Cl)cc2)C2=C1CN([C@H](Cc1ccccc1)C(=O)NCc1ccccc1)C2=O. The summed E-state index contributed by atoms with van der Waals surface area (Å²) < 4.78 is 0. The van der Waals surface area contributed by atoms with Crippen molar-refractivity contribution in [2.75, 3.05) is 13.1 Å². The van der Waals surface area contributed by atoms with E-state index >= 15 is 0 Å². The summed E-state index contributed by atoms with van der Waals surface area (Å²) in [5.74, 6) is -0.539. The standard InChI is InChI=1S/C31H29ClN4O3/c1-2-17-35-26-20-36(30(38)27(26)28(34-31(35)39)23-13-15-24(32)16-14-23)25(18-21-9-5-3-6-10-21)29(37)33-19-22-11-7-4-8-12-22/h2-16,25,28H,1,17-20H2,(H,33,37)(H,34,39)/t25-,28-/m1/s1. The van der Waals surface area contributed by atoms with Gasteiger partial charge in [0.15, 0.2) is 0 Å². The number of carbonyl (C=O) groups is 3. The van der Waals surface area contributed by atoms with Gasteiger partial charge in [-0.3, -0.25) is 14.5 Å². The van der Waals surface area contributed by atoms with Crippen LogP contribution in [0.4, 0.5) is 4.79 Å². The number of nitrogens with zero attached hydrogens (tertiary/aromatic N) is 2. The van der Waals surface area contributed by atoms with Crippen LogP contribution in [0.1, 0.15) is 22.7 Å². The van der Waals surface area contributed by atoms with Crippen LogP contribution in [0.15, 0.2) is 109 Å². The number of nitrogens with one attached hydrogen (secondary N) is 2. The van der Waals surface area contributed by atoms with Gasteiger partial charge in [-0.2, -0.15) is 0 Å². The second kappa shape index (κ2) is 11.6. The monoisotopic (exact) mass is 540 g/mol. The molecule has 0 unspecified atom stereocenters. The fourth-order valence-corrected chi connectivity index (χ4v) is 5.20. The van der Waals surface area contributed by atoms with E-state index < -0.39 is 12.1 Å². The van der Waals surface area contributed by atoms with Crippen molar-refractivity contribution in [2.24, 2.45) is 0 Å². The number of amides is 4. The Kier molecular flexibility index (Phi) is 7.79. The zero-order valence-electron chi connectivity index (χ0n) is 21.3. The van der Waals surface area contributed by atoms with Crippen LogP contribution in [-0.4, -0.2) is 46.8 Å². The highest BCUT2D eigenvalue weighted by atomic mass is 35.5. The molecule has 0 spiro atoms. The lowest BCUT2D eigenvalue weighted by atomic mass is 9.95. The summed E-state index contributed by atoms with van der Waals surface area (Å²) in [5, 5.41) is 6.53. The average molecular weight is 541 g/mol. The van der Waals surface area contributed by atoms with Crippen LogP contribution in [-0.2, 0) is 22.6 Å². The molecule has 5 rings (SSSR count). The van der Waals surface area contributed by atoms with Gasteiger partial charge in [0.1, 0.15) is 6.04 Å². The molecule has 7 nitrogen and oxygen atoms in total. The van der Waals surface area contributed by atoms with Crippen LogP contribution in [0.2, 0.25) is 5.02 Å². The summed E-state index contributed by atoms with van der Waals surface area (Å²) in [4.78, 5) is 44.0. The number of halogens is 1. The van der Waals surface area contributed by atoms with E-state index in [1.807, 2.05) is 60.7 Å². The minimum Gasteiger partial charge on any atom is -0.350 e. The zero-order chi connectivity index (χ0) is 27.4. The molecule has 2 heterocycles. The second-order valence-electron chi connectivity index (χ2n) is 9.54. The first kappa shape index (κ1) is 26.3. The van der Waals surface area contributed by atoms with E-state index in [0.717, 1.165) is 16.7 Å². The number of hydrogen-bond donors (Lipinski definition) is 2. The molecule has 0 radical (unpaired) electrons. The van der Waals surface area contributed by atoms with E-state index in [2.05, 4.69) is 17.2 Å². The molecule has 2 atom stereocenters. The number of hydrogen-bond acceptors (Lipinski definition) is 3. The van der Waals surface area contributed by atoms with Crippen molar-refractivity contribution >= 4 is 29.4 Å². The molecule has 39 heavy (non-hydrogen) atoms. The zero-order valence-corrected chi connectivity index (χ0v) is 22.1. The topological polar surface area (TPSA) is 81.8 Å². The third-order valence-electron chi connectivity index (χ3n) is 7.03. The maximum atomic E-state index is 14.1. The van der Waals surface area contributed by atoms with Gasteiger partial charge in [-0.05, 0) is 28.8 Å². The molecule has 2 aliphatic rings. The van der Waals surface area contributed by atoms with Crippen LogP contribution < -0.4 is 10.6 Å². The van der Waals surface area contributed by atoms with Gasteiger partial charge in [0.05, 0.1) is 23.9 Å². The van der Waals surface area contributed by atoms with Gasteiger partial charge in [0, 0.05) is 24.5 Å². The highest BCUT2D eigenvalue weighted by molar-refractivity contribution is 6.30. The van der Waals surface area contributed by atoms with Crippen molar-refractivity contribution in [3.63, 3.8) is 0 Å². The van der Waals surface area contributed by atoms with E-state index in [1.165, 1.54) is 4.90 Å². The van der Waals surface area contributed by atoms with Crippen LogP contribution in [0.5, 0.6) is 0 Å². The summed E-state index contributed by atoms with van der Waals surface area (Å²) in [7, 11) is 0. The molecule has 0 aliphatic carbocycles. The Morgan fingerprint density at radius 1 is 1.00 bits per heavy atom. The molecule has 3 aromatic carbocycles. The fourth-order valence-electron chi connectivity index (χ4n) is 5.08. The van der Waals surface area contributed by atoms with E-state index in [0.29, 0.717) is 29.3 Å². The Bertz CT molecular complexity index is 1410. The summed E-state index contributed by atoms with van der Waals surface area (Å²) in [6.07, 6.45) is 1.95. The predicted octanol–water partition coefficient (Wildman–Crippen LogP) is 4.62. The van der Waals surface area contributed by atoms with Crippen molar-refractivity contribution in [1.82, 2.24) is 20.4 Å². The first-order valence-corrected chi connectivity index (χ1v) is 13.2. The van der Waals surface area contributed by atoms with E-state index in [9.17, 15) is 14.4 Å². The summed E-state index contributed by atoms with van der Waals surface area (Å²) >= 11 is 6.10. The molecule has 2 N–H and O–H groups in total. The molecule has 0 saturated heterocycles. The molecule has 0 bridgehead atoms. The van der Waals surface area contributed by atoms with E-state index in [1.54, 1.807) is 35.2 Å². The Morgan fingerprint density at radius 3 is 2.28 bits per heavy atom. The normalized spacial score (nSPS) is 17.5. The molecule has 4 amide bonds. The Balaban J connectivity index is 1.48. The third-order valence-corrected chi connectivity index (χ3v) is 7.28. The minimum atomic E-state index is -0.777. The number of carbonyl (C=O) groups excluding carboxylic acids is 3. The van der Waals surface area contributed by atoms with E-state index in [-0.39, 0.29) is 30.9 Å². The molecular formula is C31H29ClN4O3. The van der Waals surface area contributed by atoms with Gasteiger partial charge < -0.3 is 15.5 Å². The highest BCUT2D eigenvalue weighted by Gasteiger charge is 2.46. The molecule has 2 aliphatic heterocycles. The molecular weight excluding hydrogens is 512 g/mol. The summed E-state index contributed by atoms with van der Waals surface area (Å²) in [6, 6.07) is 24.5. The summed E-state index contributed by atoms with van der Waals surface area (Å²) in [5.41, 5.74) is 3.66. The average Bonchev–Trinajstić information content (AvgIpc) is 3.30.